The second-order valence-corrected chi connectivity index (χ2v) is 6.57. The molecule has 0 fully saturated rings. The molecule has 3 amide bonds. The molecule has 140 valence electrons. The Bertz CT molecular complexity index is 811. The molecule has 0 radical (unpaired) electrons. The fraction of sp³-hybridized carbons (Fsp3) is 0.176. The van der Waals surface area contributed by atoms with Crippen LogP contribution in [0.4, 0.5) is 10.5 Å². The molecule has 26 heavy (non-hydrogen) atoms. The maximum atomic E-state index is 12.2. The van der Waals surface area contributed by atoms with Crippen LogP contribution >= 0.6 is 0 Å². The highest BCUT2D eigenvalue weighted by Gasteiger charge is 2.18. The number of carbonyl (C=O) groups is 2. The summed E-state index contributed by atoms with van der Waals surface area (Å²) in [6.45, 7) is 3.51. The van der Waals surface area contributed by atoms with Gasteiger partial charge in [-0.15, -0.1) is 0 Å². The van der Waals surface area contributed by atoms with Crippen molar-refractivity contribution in [2.24, 2.45) is 0 Å². The standard InChI is InChI=1S/C17H21N3O5S/c1-4-5-6-7-14(25-3)12-16(21)20-26(23,24)15-10-8-13(9-11-15)19-17(22)18-2/h4-11H,1,12H2,2-3H3,(H,20,21)(H2,18,19,22)/b6-5-,14-7+. The van der Waals surface area contributed by atoms with E-state index in [1.54, 1.807) is 18.2 Å². The first kappa shape index (κ1) is 21.0. The summed E-state index contributed by atoms with van der Waals surface area (Å²) in [4.78, 5) is 23.1. The van der Waals surface area contributed by atoms with Crippen LogP contribution in [-0.4, -0.2) is 34.5 Å². The molecule has 9 heteroatoms. The first-order valence-corrected chi connectivity index (χ1v) is 8.97. The number of carbonyl (C=O) groups excluding carboxylic acids is 2. The SMILES string of the molecule is C=C/C=C\C=C(/CC(=O)NS(=O)(=O)c1ccc(NC(=O)NC)cc1)OC. The molecular formula is C17H21N3O5S. The highest BCUT2D eigenvalue weighted by Crippen LogP contribution is 2.14. The molecule has 8 nitrogen and oxygen atoms in total. The van der Waals surface area contributed by atoms with Crippen LogP contribution in [0.15, 0.2) is 65.8 Å². The minimum absolute atomic E-state index is 0.109. The van der Waals surface area contributed by atoms with E-state index in [1.807, 2.05) is 4.72 Å². The van der Waals surface area contributed by atoms with Crippen LogP contribution in [0, 0.1) is 0 Å². The van der Waals surface area contributed by atoms with Gasteiger partial charge in [0.2, 0.25) is 5.91 Å². The molecule has 3 N–H and O–H groups in total. The summed E-state index contributed by atoms with van der Waals surface area (Å²) < 4.78 is 31.5. The topological polar surface area (TPSA) is 114 Å². The Morgan fingerprint density at radius 3 is 2.38 bits per heavy atom. The molecule has 0 aliphatic heterocycles. The van der Waals surface area contributed by atoms with Crippen LogP contribution in [0.5, 0.6) is 0 Å². The smallest absolute Gasteiger partial charge is 0.318 e. The zero-order valence-electron chi connectivity index (χ0n) is 14.5. The average molecular weight is 379 g/mol. The Hall–Kier alpha value is -3.07. The number of ether oxygens (including phenoxy) is 1. The van der Waals surface area contributed by atoms with Crippen molar-refractivity contribution in [2.45, 2.75) is 11.3 Å². The van der Waals surface area contributed by atoms with Crippen molar-refractivity contribution >= 4 is 27.6 Å². The normalized spacial score (nSPS) is 11.7. The molecule has 1 rings (SSSR count). The molecule has 0 aliphatic carbocycles. The number of nitrogens with one attached hydrogen (secondary N) is 3. The lowest BCUT2D eigenvalue weighted by atomic mass is 10.3. The fourth-order valence-electron chi connectivity index (χ4n) is 1.75. The summed E-state index contributed by atoms with van der Waals surface area (Å²) >= 11 is 0. The molecule has 0 atom stereocenters. The molecule has 0 aliphatic rings. The van der Waals surface area contributed by atoms with Crippen molar-refractivity contribution < 1.29 is 22.7 Å². The Morgan fingerprint density at radius 2 is 1.85 bits per heavy atom. The highest BCUT2D eigenvalue weighted by atomic mass is 32.2. The van der Waals surface area contributed by atoms with E-state index in [4.69, 9.17) is 4.74 Å². The molecule has 0 bridgehead atoms. The van der Waals surface area contributed by atoms with Gasteiger partial charge in [-0.05, 0) is 30.3 Å². The van der Waals surface area contributed by atoms with Gasteiger partial charge >= 0.3 is 6.03 Å². The second kappa shape index (κ2) is 10.0. The van der Waals surface area contributed by atoms with E-state index >= 15 is 0 Å². The van der Waals surface area contributed by atoms with Crippen molar-refractivity contribution in [3.8, 4) is 0 Å². The summed E-state index contributed by atoms with van der Waals surface area (Å²) in [7, 11) is -1.19. The van der Waals surface area contributed by atoms with Crippen LogP contribution in [-0.2, 0) is 19.6 Å². The summed E-state index contributed by atoms with van der Waals surface area (Å²) in [5, 5.41) is 4.87. The number of amides is 3. The molecule has 0 heterocycles. The number of anilines is 1. The molecular weight excluding hydrogens is 358 g/mol. The van der Waals surface area contributed by atoms with Gasteiger partial charge in [-0.25, -0.2) is 17.9 Å². The maximum absolute atomic E-state index is 12.2. The van der Waals surface area contributed by atoms with E-state index in [0.29, 0.717) is 11.4 Å². The lowest BCUT2D eigenvalue weighted by Gasteiger charge is -2.09. The van der Waals surface area contributed by atoms with Gasteiger partial charge in [-0.3, -0.25) is 4.79 Å². The molecule has 0 saturated heterocycles. The zero-order chi connectivity index (χ0) is 19.6. The Labute approximate surface area is 152 Å². The second-order valence-electron chi connectivity index (χ2n) is 4.89. The van der Waals surface area contributed by atoms with Crippen molar-refractivity contribution in [2.75, 3.05) is 19.5 Å². The van der Waals surface area contributed by atoms with E-state index in [-0.39, 0.29) is 11.3 Å². The minimum atomic E-state index is -4.03. The number of hydrogen-bond acceptors (Lipinski definition) is 5. The molecule has 0 spiro atoms. The number of hydrogen-bond donors (Lipinski definition) is 3. The maximum Gasteiger partial charge on any atom is 0.318 e. The van der Waals surface area contributed by atoms with Crippen molar-refractivity contribution in [3.05, 3.63) is 60.9 Å². The molecule has 1 aromatic carbocycles. The lowest BCUT2D eigenvalue weighted by Crippen LogP contribution is -2.30. The summed E-state index contributed by atoms with van der Waals surface area (Å²) in [5.74, 6) is -0.446. The van der Waals surface area contributed by atoms with Gasteiger partial charge in [0.15, 0.2) is 0 Å². The Kier molecular flexibility index (Phi) is 8.10. The average Bonchev–Trinajstić information content (AvgIpc) is 2.60. The molecule has 1 aromatic rings. The predicted molar refractivity (Wildman–Crippen MR) is 98.9 cm³/mol. The lowest BCUT2D eigenvalue weighted by molar-refractivity contribution is -0.119. The van der Waals surface area contributed by atoms with Gasteiger partial charge in [0.05, 0.1) is 18.4 Å². The van der Waals surface area contributed by atoms with Crippen LogP contribution in [0.1, 0.15) is 6.42 Å². The summed E-state index contributed by atoms with van der Waals surface area (Å²) in [5.41, 5.74) is 0.410. The Balaban J connectivity index is 2.80. The van der Waals surface area contributed by atoms with E-state index in [0.717, 1.165) is 0 Å². The van der Waals surface area contributed by atoms with Crippen LogP contribution < -0.4 is 15.4 Å². The fourth-order valence-corrected chi connectivity index (χ4v) is 2.74. The van der Waals surface area contributed by atoms with Gasteiger partial charge in [0, 0.05) is 12.7 Å². The first-order valence-electron chi connectivity index (χ1n) is 7.49. The number of urea groups is 1. The number of methoxy groups -OCH3 is 1. The third-order valence-electron chi connectivity index (χ3n) is 3.02. The third kappa shape index (κ3) is 6.81. The van der Waals surface area contributed by atoms with Gasteiger partial charge < -0.3 is 15.4 Å². The molecule has 0 unspecified atom stereocenters. The minimum Gasteiger partial charge on any atom is -0.501 e. The van der Waals surface area contributed by atoms with E-state index in [1.165, 1.54) is 44.5 Å². The van der Waals surface area contributed by atoms with Gasteiger partial charge in [-0.1, -0.05) is 24.8 Å². The van der Waals surface area contributed by atoms with Gasteiger partial charge in [0.1, 0.15) is 5.76 Å². The summed E-state index contributed by atoms with van der Waals surface area (Å²) in [6, 6.07) is 4.95. The molecule has 0 saturated carbocycles. The highest BCUT2D eigenvalue weighted by molar-refractivity contribution is 7.90. The van der Waals surface area contributed by atoms with E-state index < -0.39 is 22.0 Å². The largest absolute Gasteiger partial charge is 0.501 e. The quantitative estimate of drug-likeness (QED) is 0.472. The van der Waals surface area contributed by atoms with E-state index in [2.05, 4.69) is 17.2 Å². The van der Waals surface area contributed by atoms with E-state index in [9.17, 15) is 18.0 Å². The van der Waals surface area contributed by atoms with Crippen molar-refractivity contribution in [1.29, 1.82) is 0 Å². The predicted octanol–water partition coefficient (Wildman–Crippen LogP) is 1.91. The number of allylic oxidation sites excluding steroid dienone is 4. The van der Waals surface area contributed by atoms with Crippen molar-refractivity contribution in [3.63, 3.8) is 0 Å². The van der Waals surface area contributed by atoms with Crippen molar-refractivity contribution in [1.82, 2.24) is 10.0 Å². The summed E-state index contributed by atoms with van der Waals surface area (Å²) in [6.07, 6.45) is 6.10. The number of benzene rings is 1. The van der Waals surface area contributed by atoms with Crippen LogP contribution in [0.3, 0.4) is 0 Å². The molecule has 0 aromatic heterocycles. The van der Waals surface area contributed by atoms with Gasteiger partial charge in [0.25, 0.3) is 10.0 Å². The monoisotopic (exact) mass is 379 g/mol. The third-order valence-corrected chi connectivity index (χ3v) is 4.41. The van der Waals surface area contributed by atoms with Gasteiger partial charge in [-0.2, -0.15) is 0 Å². The Morgan fingerprint density at radius 1 is 1.19 bits per heavy atom. The first-order chi connectivity index (χ1) is 12.3. The zero-order valence-corrected chi connectivity index (χ0v) is 15.3. The number of rotatable bonds is 8. The number of sulfonamides is 1. The van der Waals surface area contributed by atoms with Crippen LogP contribution in [0.2, 0.25) is 0 Å². The van der Waals surface area contributed by atoms with Crippen LogP contribution in [0.25, 0.3) is 0 Å².